The molecule has 0 aliphatic carbocycles. The van der Waals surface area contributed by atoms with Gasteiger partial charge >= 0.3 is 0 Å². The smallest absolute Gasteiger partial charge is 0.161 e. The van der Waals surface area contributed by atoms with Crippen molar-refractivity contribution in [2.24, 2.45) is 0 Å². The number of benzene rings is 1. The zero-order chi connectivity index (χ0) is 11.7. The number of aromatic nitrogens is 2. The third kappa shape index (κ3) is 1.96. The van der Waals surface area contributed by atoms with Gasteiger partial charge in [-0.1, -0.05) is 11.6 Å². The number of imidazole rings is 1. The van der Waals surface area contributed by atoms with Crippen LogP contribution >= 0.6 is 0 Å². The number of fused-ring (bicyclic) bond motifs is 1. The van der Waals surface area contributed by atoms with Crippen molar-refractivity contribution < 1.29 is 8.78 Å². The molecule has 0 spiro atoms. The fourth-order valence-corrected chi connectivity index (χ4v) is 1.48. The molecule has 0 atom stereocenters. The molecule has 0 radical (unpaired) electrons. The van der Waals surface area contributed by atoms with E-state index in [4.69, 9.17) is 0 Å². The SMILES string of the molecule is CC(C)=CCn1cnc2cc(F)c(F)cc21. The number of nitrogens with zero attached hydrogens (tertiary/aromatic N) is 2. The minimum Gasteiger partial charge on any atom is -0.327 e. The summed E-state index contributed by atoms with van der Waals surface area (Å²) in [5, 5.41) is 0. The van der Waals surface area contributed by atoms with Gasteiger partial charge < -0.3 is 4.57 Å². The van der Waals surface area contributed by atoms with E-state index in [2.05, 4.69) is 4.98 Å². The summed E-state index contributed by atoms with van der Waals surface area (Å²) in [6.07, 6.45) is 3.59. The van der Waals surface area contributed by atoms with Crippen LogP contribution in [-0.2, 0) is 6.54 Å². The second-order valence-electron chi connectivity index (χ2n) is 3.93. The zero-order valence-corrected chi connectivity index (χ0v) is 9.17. The first-order valence-corrected chi connectivity index (χ1v) is 5.01. The molecule has 0 N–H and O–H groups in total. The molecule has 1 heterocycles. The quantitative estimate of drug-likeness (QED) is 0.713. The van der Waals surface area contributed by atoms with Crippen molar-refractivity contribution in [3.05, 3.63) is 41.7 Å². The van der Waals surface area contributed by atoms with Gasteiger partial charge in [0.05, 0.1) is 17.4 Å². The van der Waals surface area contributed by atoms with Crippen molar-refractivity contribution in [2.75, 3.05) is 0 Å². The molecule has 0 fully saturated rings. The molecule has 16 heavy (non-hydrogen) atoms. The first-order chi connectivity index (χ1) is 7.58. The summed E-state index contributed by atoms with van der Waals surface area (Å²) in [5.74, 6) is -1.70. The summed E-state index contributed by atoms with van der Waals surface area (Å²) < 4.78 is 27.8. The van der Waals surface area contributed by atoms with E-state index < -0.39 is 11.6 Å². The normalized spacial score (nSPS) is 10.8. The van der Waals surface area contributed by atoms with Crippen molar-refractivity contribution in [1.82, 2.24) is 9.55 Å². The van der Waals surface area contributed by atoms with E-state index in [0.29, 0.717) is 17.6 Å². The Morgan fingerprint density at radius 3 is 2.69 bits per heavy atom. The minimum absolute atomic E-state index is 0.473. The Kier molecular flexibility index (Phi) is 2.73. The van der Waals surface area contributed by atoms with E-state index in [1.807, 2.05) is 19.9 Å². The Balaban J connectivity index is 2.48. The van der Waals surface area contributed by atoms with Gasteiger partial charge in [-0.25, -0.2) is 13.8 Å². The summed E-state index contributed by atoms with van der Waals surface area (Å²) in [4.78, 5) is 4.03. The Hall–Kier alpha value is -1.71. The van der Waals surface area contributed by atoms with E-state index in [1.165, 1.54) is 11.6 Å². The molecule has 0 saturated heterocycles. The van der Waals surface area contributed by atoms with Crippen LogP contribution in [-0.4, -0.2) is 9.55 Å². The van der Waals surface area contributed by atoms with E-state index in [-0.39, 0.29) is 0 Å². The lowest BCUT2D eigenvalue weighted by atomic mass is 10.3. The van der Waals surface area contributed by atoms with Crippen molar-refractivity contribution in [1.29, 1.82) is 0 Å². The monoisotopic (exact) mass is 222 g/mol. The van der Waals surface area contributed by atoms with Gasteiger partial charge in [0.15, 0.2) is 11.6 Å². The van der Waals surface area contributed by atoms with E-state index in [1.54, 1.807) is 10.9 Å². The third-order valence-corrected chi connectivity index (χ3v) is 2.36. The van der Waals surface area contributed by atoms with Gasteiger partial charge in [0.1, 0.15) is 0 Å². The Bertz CT molecular complexity index is 551. The lowest BCUT2D eigenvalue weighted by Crippen LogP contribution is -1.94. The molecule has 0 aliphatic rings. The number of rotatable bonds is 2. The molecule has 0 unspecified atom stereocenters. The Morgan fingerprint density at radius 1 is 1.31 bits per heavy atom. The summed E-state index contributed by atoms with van der Waals surface area (Å²) in [7, 11) is 0. The van der Waals surface area contributed by atoms with Crippen LogP contribution in [0.2, 0.25) is 0 Å². The summed E-state index contributed by atoms with van der Waals surface area (Å²) in [6, 6.07) is 2.29. The van der Waals surface area contributed by atoms with Crippen LogP contribution < -0.4 is 0 Å². The molecule has 0 amide bonds. The predicted octanol–water partition coefficient (Wildman–Crippen LogP) is 3.28. The van der Waals surface area contributed by atoms with Gasteiger partial charge in [-0.2, -0.15) is 0 Å². The van der Waals surface area contributed by atoms with Crippen molar-refractivity contribution in [3.63, 3.8) is 0 Å². The first kappa shape index (κ1) is 10.8. The average molecular weight is 222 g/mol. The van der Waals surface area contributed by atoms with Gasteiger partial charge in [-0.05, 0) is 13.8 Å². The van der Waals surface area contributed by atoms with Gasteiger partial charge in [0.25, 0.3) is 0 Å². The van der Waals surface area contributed by atoms with Crippen molar-refractivity contribution in [2.45, 2.75) is 20.4 Å². The molecule has 4 heteroatoms. The van der Waals surface area contributed by atoms with Gasteiger partial charge in [0, 0.05) is 18.7 Å². The molecule has 2 aromatic rings. The standard InChI is InChI=1S/C12H12F2N2/c1-8(2)3-4-16-7-15-11-5-9(13)10(14)6-12(11)16/h3,5-7H,4H2,1-2H3. The second kappa shape index (κ2) is 4.04. The highest BCUT2D eigenvalue weighted by Crippen LogP contribution is 2.17. The van der Waals surface area contributed by atoms with Crippen LogP contribution in [0.5, 0.6) is 0 Å². The third-order valence-electron chi connectivity index (χ3n) is 2.36. The molecular formula is C12H12F2N2. The molecule has 0 saturated carbocycles. The van der Waals surface area contributed by atoms with Crippen LogP contribution in [0.25, 0.3) is 11.0 Å². The van der Waals surface area contributed by atoms with Crippen molar-refractivity contribution in [3.8, 4) is 0 Å². The molecular weight excluding hydrogens is 210 g/mol. The average Bonchev–Trinajstić information content (AvgIpc) is 2.58. The maximum atomic E-state index is 13.1. The molecule has 0 bridgehead atoms. The first-order valence-electron chi connectivity index (χ1n) is 5.01. The highest BCUT2D eigenvalue weighted by molar-refractivity contribution is 5.75. The largest absolute Gasteiger partial charge is 0.327 e. The minimum atomic E-state index is -0.861. The molecule has 2 nitrogen and oxygen atoms in total. The Labute approximate surface area is 92.2 Å². The topological polar surface area (TPSA) is 17.8 Å². The van der Waals surface area contributed by atoms with Crippen LogP contribution in [0.15, 0.2) is 30.1 Å². The van der Waals surface area contributed by atoms with Crippen molar-refractivity contribution >= 4 is 11.0 Å². The molecule has 0 aliphatic heterocycles. The lowest BCUT2D eigenvalue weighted by Gasteiger charge is -2.01. The zero-order valence-electron chi connectivity index (χ0n) is 9.17. The van der Waals surface area contributed by atoms with Crippen LogP contribution in [0, 0.1) is 11.6 Å². The maximum Gasteiger partial charge on any atom is 0.161 e. The highest BCUT2D eigenvalue weighted by Gasteiger charge is 2.08. The predicted molar refractivity (Wildman–Crippen MR) is 59.1 cm³/mol. The molecule has 84 valence electrons. The number of hydrogen-bond acceptors (Lipinski definition) is 1. The van der Waals surface area contributed by atoms with E-state index >= 15 is 0 Å². The maximum absolute atomic E-state index is 13.1. The molecule has 2 rings (SSSR count). The lowest BCUT2D eigenvalue weighted by molar-refractivity contribution is 0.510. The Morgan fingerprint density at radius 2 is 2.00 bits per heavy atom. The summed E-state index contributed by atoms with van der Waals surface area (Å²) >= 11 is 0. The van der Waals surface area contributed by atoms with Crippen LogP contribution in [0.1, 0.15) is 13.8 Å². The van der Waals surface area contributed by atoms with Crippen LogP contribution in [0.4, 0.5) is 8.78 Å². The number of halogens is 2. The molecule has 1 aromatic heterocycles. The number of allylic oxidation sites excluding steroid dienone is 2. The highest BCUT2D eigenvalue weighted by atomic mass is 19.2. The van der Waals surface area contributed by atoms with Gasteiger partial charge in [-0.3, -0.25) is 0 Å². The fraction of sp³-hybridized carbons (Fsp3) is 0.250. The van der Waals surface area contributed by atoms with Gasteiger partial charge in [0.2, 0.25) is 0 Å². The number of hydrogen-bond donors (Lipinski definition) is 0. The van der Waals surface area contributed by atoms with E-state index in [0.717, 1.165) is 6.07 Å². The fourth-order valence-electron chi connectivity index (χ4n) is 1.48. The van der Waals surface area contributed by atoms with Gasteiger partial charge in [-0.15, -0.1) is 0 Å². The molecule has 1 aromatic carbocycles. The second-order valence-corrected chi connectivity index (χ2v) is 3.93. The summed E-state index contributed by atoms with van der Waals surface area (Å²) in [5.41, 5.74) is 2.25. The van der Waals surface area contributed by atoms with Crippen LogP contribution in [0.3, 0.4) is 0 Å². The summed E-state index contributed by atoms with van der Waals surface area (Å²) in [6.45, 7) is 4.59. The van der Waals surface area contributed by atoms with E-state index in [9.17, 15) is 8.78 Å².